The molecule has 1 aromatic heterocycles. The Kier molecular flexibility index (Phi) is 2.99. The predicted octanol–water partition coefficient (Wildman–Crippen LogP) is 3.18. The molecule has 2 N–H and O–H groups in total. The van der Waals surface area contributed by atoms with Gasteiger partial charge in [0.25, 0.3) is 0 Å². The third kappa shape index (κ3) is 1.80. The van der Waals surface area contributed by atoms with E-state index < -0.39 is 0 Å². The number of rotatable bonds is 3. The molecule has 1 aromatic rings. The molecule has 16 heavy (non-hydrogen) atoms. The number of aromatic nitrogens is 1. The lowest BCUT2D eigenvalue weighted by molar-refractivity contribution is 0.609. The molecule has 0 radical (unpaired) electrons. The van der Waals surface area contributed by atoms with E-state index in [0.717, 1.165) is 18.9 Å². The fraction of sp³-hybridized carbons (Fsp3) is 0.769. The number of thiazole rings is 1. The van der Waals surface area contributed by atoms with E-state index in [2.05, 4.69) is 0 Å². The van der Waals surface area contributed by atoms with E-state index in [9.17, 15) is 0 Å². The minimum Gasteiger partial charge on any atom is -0.330 e. The summed E-state index contributed by atoms with van der Waals surface area (Å²) in [5.74, 6) is 1.46. The van der Waals surface area contributed by atoms with Gasteiger partial charge < -0.3 is 5.73 Å². The number of nitrogens with two attached hydrogens (primary N) is 1. The normalized spacial score (nSPS) is 25.2. The van der Waals surface area contributed by atoms with Gasteiger partial charge in [0.2, 0.25) is 0 Å². The van der Waals surface area contributed by atoms with Crippen molar-refractivity contribution >= 4 is 11.3 Å². The van der Waals surface area contributed by atoms with Crippen LogP contribution in [-0.4, -0.2) is 11.5 Å². The summed E-state index contributed by atoms with van der Waals surface area (Å²) in [6.45, 7) is 0.806. The molecule has 2 aliphatic carbocycles. The van der Waals surface area contributed by atoms with E-state index in [4.69, 9.17) is 10.7 Å². The summed E-state index contributed by atoms with van der Waals surface area (Å²) in [5.41, 5.74) is 7.08. The maximum atomic E-state index is 5.67. The van der Waals surface area contributed by atoms with Crippen molar-refractivity contribution in [3.63, 3.8) is 0 Å². The molecule has 88 valence electrons. The van der Waals surface area contributed by atoms with Gasteiger partial charge in [-0.2, -0.15) is 0 Å². The quantitative estimate of drug-likeness (QED) is 0.875. The van der Waals surface area contributed by atoms with Crippen LogP contribution in [0.2, 0.25) is 0 Å². The molecule has 0 saturated heterocycles. The van der Waals surface area contributed by atoms with Gasteiger partial charge >= 0.3 is 0 Å². The minimum absolute atomic E-state index is 0.673. The van der Waals surface area contributed by atoms with Crippen molar-refractivity contribution in [3.05, 3.63) is 15.6 Å². The maximum absolute atomic E-state index is 5.67. The highest BCUT2D eigenvalue weighted by Crippen LogP contribution is 2.43. The second-order valence-electron chi connectivity index (χ2n) is 5.15. The molecule has 1 saturated carbocycles. The largest absolute Gasteiger partial charge is 0.330 e. The maximum Gasteiger partial charge on any atom is 0.0962 e. The molecule has 3 rings (SSSR count). The van der Waals surface area contributed by atoms with Gasteiger partial charge in [0.15, 0.2) is 0 Å². The summed E-state index contributed by atoms with van der Waals surface area (Å²) in [4.78, 5) is 6.51. The highest BCUT2D eigenvalue weighted by Gasteiger charge is 2.29. The zero-order chi connectivity index (χ0) is 11.0. The average molecular weight is 236 g/mol. The predicted molar refractivity (Wildman–Crippen MR) is 68.1 cm³/mol. The molecule has 0 aromatic carbocycles. The standard InChI is InChI=1S/C13H20N2S/c14-8-7-9-5-6-11-12(9)15-13(16-11)10-3-1-2-4-10/h9-10H,1-8,14H2. The Labute approximate surface area is 101 Å². The first kappa shape index (κ1) is 10.7. The fourth-order valence-corrected chi connectivity index (χ4v) is 4.49. The molecule has 1 fully saturated rings. The van der Waals surface area contributed by atoms with Crippen molar-refractivity contribution in [1.82, 2.24) is 4.98 Å². The third-order valence-corrected chi connectivity index (χ3v) is 5.36. The molecule has 1 unspecified atom stereocenters. The van der Waals surface area contributed by atoms with Crippen LogP contribution in [0.4, 0.5) is 0 Å². The zero-order valence-electron chi connectivity index (χ0n) is 9.74. The van der Waals surface area contributed by atoms with Crippen LogP contribution in [-0.2, 0) is 6.42 Å². The van der Waals surface area contributed by atoms with Gasteiger partial charge in [-0.15, -0.1) is 11.3 Å². The summed E-state index contributed by atoms with van der Waals surface area (Å²) in [6, 6.07) is 0. The lowest BCUT2D eigenvalue weighted by Gasteiger charge is -2.08. The van der Waals surface area contributed by atoms with Crippen LogP contribution in [0, 0.1) is 0 Å². The van der Waals surface area contributed by atoms with Crippen molar-refractivity contribution in [2.75, 3.05) is 6.54 Å². The molecule has 0 bridgehead atoms. The van der Waals surface area contributed by atoms with Crippen LogP contribution >= 0.6 is 11.3 Å². The Morgan fingerprint density at radius 1 is 1.25 bits per heavy atom. The molecule has 0 amide bonds. The van der Waals surface area contributed by atoms with Crippen molar-refractivity contribution < 1.29 is 0 Å². The molecule has 0 aliphatic heterocycles. The minimum atomic E-state index is 0.673. The molecule has 1 heterocycles. The molecule has 1 atom stereocenters. The second-order valence-corrected chi connectivity index (χ2v) is 6.27. The van der Waals surface area contributed by atoms with Gasteiger partial charge in [-0.3, -0.25) is 0 Å². The van der Waals surface area contributed by atoms with E-state index in [-0.39, 0.29) is 0 Å². The lowest BCUT2D eigenvalue weighted by atomic mass is 10.0. The van der Waals surface area contributed by atoms with Gasteiger partial charge in [0.1, 0.15) is 0 Å². The smallest absolute Gasteiger partial charge is 0.0962 e. The van der Waals surface area contributed by atoms with Crippen molar-refractivity contribution in [1.29, 1.82) is 0 Å². The Morgan fingerprint density at radius 2 is 2.06 bits per heavy atom. The van der Waals surface area contributed by atoms with Gasteiger partial charge in [-0.1, -0.05) is 12.8 Å². The molecule has 3 heteroatoms. The van der Waals surface area contributed by atoms with Crippen LogP contribution in [0.25, 0.3) is 0 Å². The van der Waals surface area contributed by atoms with Crippen LogP contribution in [0.5, 0.6) is 0 Å². The van der Waals surface area contributed by atoms with Gasteiger partial charge in [0, 0.05) is 16.7 Å². The number of hydrogen-bond acceptors (Lipinski definition) is 3. The number of nitrogens with zero attached hydrogens (tertiary/aromatic N) is 1. The first-order valence-electron chi connectivity index (χ1n) is 6.58. The Balaban J connectivity index is 1.81. The van der Waals surface area contributed by atoms with Crippen molar-refractivity contribution in [3.8, 4) is 0 Å². The van der Waals surface area contributed by atoms with E-state index in [1.165, 1.54) is 49.2 Å². The van der Waals surface area contributed by atoms with Gasteiger partial charge in [0.05, 0.1) is 10.7 Å². The van der Waals surface area contributed by atoms with Gasteiger partial charge in [-0.25, -0.2) is 4.98 Å². The molecular weight excluding hydrogens is 216 g/mol. The summed E-state index contributed by atoms with van der Waals surface area (Å²) < 4.78 is 0. The van der Waals surface area contributed by atoms with Gasteiger partial charge in [-0.05, 0) is 38.6 Å². The first-order chi connectivity index (χ1) is 7.88. The summed E-state index contributed by atoms with van der Waals surface area (Å²) in [5, 5.41) is 1.43. The van der Waals surface area contributed by atoms with E-state index >= 15 is 0 Å². The zero-order valence-corrected chi connectivity index (χ0v) is 10.6. The Morgan fingerprint density at radius 3 is 2.81 bits per heavy atom. The summed E-state index contributed by atoms with van der Waals surface area (Å²) in [7, 11) is 0. The average Bonchev–Trinajstić information content (AvgIpc) is 2.93. The third-order valence-electron chi connectivity index (χ3n) is 4.07. The Hall–Kier alpha value is -0.410. The molecule has 2 aliphatic rings. The molecule has 0 spiro atoms. The van der Waals surface area contributed by atoms with Crippen LogP contribution in [0.3, 0.4) is 0 Å². The topological polar surface area (TPSA) is 38.9 Å². The summed E-state index contributed by atoms with van der Waals surface area (Å²) >= 11 is 2.00. The molecule has 2 nitrogen and oxygen atoms in total. The fourth-order valence-electron chi connectivity index (χ4n) is 3.15. The summed E-state index contributed by atoms with van der Waals surface area (Å²) in [6.07, 6.45) is 9.21. The first-order valence-corrected chi connectivity index (χ1v) is 7.39. The van der Waals surface area contributed by atoms with Crippen molar-refractivity contribution in [2.24, 2.45) is 5.73 Å². The number of aryl methyl sites for hydroxylation is 1. The SMILES string of the molecule is NCCC1CCc2sc(C3CCCC3)nc21. The van der Waals surface area contributed by atoms with E-state index in [1.54, 1.807) is 4.88 Å². The molecular formula is C13H20N2S. The van der Waals surface area contributed by atoms with Crippen molar-refractivity contribution in [2.45, 2.75) is 56.8 Å². The van der Waals surface area contributed by atoms with Crippen LogP contribution < -0.4 is 5.73 Å². The highest BCUT2D eigenvalue weighted by molar-refractivity contribution is 7.11. The monoisotopic (exact) mass is 236 g/mol. The van der Waals surface area contributed by atoms with E-state index in [1.807, 2.05) is 11.3 Å². The number of fused-ring (bicyclic) bond motifs is 1. The lowest BCUT2D eigenvalue weighted by Crippen LogP contribution is -2.05. The van der Waals surface area contributed by atoms with Crippen LogP contribution in [0.1, 0.15) is 65.9 Å². The Bertz CT molecular complexity index is 366. The van der Waals surface area contributed by atoms with Crippen LogP contribution in [0.15, 0.2) is 0 Å². The number of hydrogen-bond donors (Lipinski definition) is 1. The van der Waals surface area contributed by atoms with E-state index in [0.29, 0.717) is 5.92 Å². The second kappa shape index (κ2) is 4.46. The highest BCUT2D eigenvalue weighted by atomic mass is 32.1.